The van der Waals surface area contributed by atoms with E-state index in [9.17, 15) is 9.18 Å². The zero-order valence-electron chi connectivity index (χ0n) is 16.5. The molecule has 2 aliphatic heterocycles. The van der Waals surface area contributed by atoms with Crippen LogP contribution in [-0.2, 0) is 6.42 Å². The Labute approximate surface area is 165 Å². The van der Waals surface area contributed by atoms with Crippen LogP contribution in [0, 0.1) is 17.7 Å². The summed E-state index contributed by atoms with van der Waals surface area (Å²) in [5.41, 5.74) is 1.88. The predicted molar refractivity (Wildman–Crippen MR) is 106 cm³/mol. The first kappa shape index (κ1) is 18.7. The minimum Gasteiger partial charge on any atom is -0.356 e. The second-order valence-corrected chi connectivity index (χ2v) is 7.88. The van der Waals surface area contributed by atoms with Crippen molar-refractivity contribution in [2.24, 2.45) is 11.8 Å². The zero-order chi connectivity index (χ0) is 19.8. The normalized spacial score (nSPS) is 23.8. The van der Waals surface area contributed by atoms with Gasteiger partial charge < -0.3 is 14.7 Å². The summed E-state index contributed by atoms with van der Waals surface area (Å²) in [6.45, 7) is 4.39. The minimum absolute atomic E-state index is 0.0227. The molecule has 1 aromatic carbocycles. The molecule has 0 radical (unpaired) electrons. The molecule has 0 N–H and O–H groups in total. The molecular weight excluding hydrogens is 357 g/mol. The second-order valence-electron chi connectivity index (χ2n) is 7.88. The molecule has 6 nitrogen and oxygen atoms in total. The van der Waals surface area contributed by atoms with Gasteiger partial charge in [0.05, 0.1) is 6.04 Å². The number of aromatic nitrogens is 2. The molecule has 0 bridgehead atoms. The van der Waals surface area contributed by atoms with Crippen molar-refractivity contribution in [2.45, 2.75) is 19.4 Å². The lowest BCUT2D eigenvalue weighted by Crippen LogP contribution is -2.41. The number of halogens is 1. The van der Waals surface area contributed by atoms with Gasteiger partial charge in [0, 0.05) is 57.3 Å². The number of carbonyl (C=O) groups excluding carboxylic acids is 1. The number of anilines is 1. The van der Waals surface area contributed by atoms with Gasteiger partial charge in [-0.05, 0) is 24.1 Å². The molecule has 4 rings (SSSR count). The SMILES string of the molecule is CCc1cc(N2C[C@@H]3CN(C(=O)N(C)C)[C@H](c4cccc(F)c4)[C@@H]3C2)ncn1. The van der Waals surface area contributed by atoms with Gasteiger partial charge in [-0.15, -0.1) is 0 Å². The molecule has 0 saturated carbocycles. The molecule has 2 saturated heterocycles. The maximum Gasteiger partial charge on any atom is 0.320 e. The van der Waals surface area contributed by atoms with Crippen molar-refractivity contribution in [1.29, 1.82) is 0 Å². The summed E-state index contributed by atoms with van der Waals surface area (Å²) in [6.07, 6.45) is 2.49. The third-order valence-corrected chi connectivity index (χ3v) is 5.88. The Morgan fingerprint density at radius 1 is 1.21 bits per heavy atom. The highest BCUT2D eigenvalue weighted by atomic mass is 19.1. The topological polar surface area (TPSA) is 52.6 Å². The van der Waals surface area contributed by atoms with E-state index in [2.05, 4.69) is 21.8 Å². The second kappa shape index (κ2) is 7.37. The van der Waals surface area contributed by atoms with Gasteiger partial charge in [-0.1, -0.05) is 19.1 Å². The molecule has 2 aliphatic rings. The number of hydrogen-bond donors (Lipinski definition) is 0. The zero-order valence-corrected chi connectivity index (χ0v) is 16.5. The molecule has 2 fully saturated rings. The Morgan fingerprint density at radius 3 is 2.75 bits per heavy atom. The van der Waals surface area contributed by atoms with E-state index in [0.29, 0.717) is 12.5 Å². The average molecular weight is 383 g/mol. The van der Waals surface area contributed by atoms with Gasteiger partial charge in [-0.3, -0.25) is 0 Å². The summed E-state index contributed by atoms with van der Waals surface area (Å²) >= 11 is 0. The van der Waals surface area contributed by atoms with E-state index in [4.69, 9.17) is 0 Å². The van der Waals surface area contributed by atoms with Crippen molar-refractivity contribution < 1.29 is 9.18 Å². The first-order valence-corrected chi connectivity index (χ1v) is 9.77. The summed E-state index contributed by atoms with van der Waals surface area (Å²) in [5, 5.41) is 0. The number of nitrogens with zero attached hydrogens (tertiary/aromatic N) is 5. The Kier molecular flexibility index (Phi) is 4.91. The van der Waals surface area contributed by atoms with Crippen molar-refractivity contribution >= 4 is 11.8 Å². The van der Waals surface area contributed by atoms with Crippen molar-refractivity contribution in [1.82, 2.24) is 19.8 Å². The van der Waals surface area contributed by atoms with Gasteiger partial charge in [0.15, 0.2) is 0 Å². The van der Waals surface area contributed by atoms with Gasteiger partial charge in [-0.2, -0.15) is 0 Å². The monoisotopic (exact) mass is 383 g/mol. The van der Waals surface area contributed by atoms with Crippen LogP contribution in [-0.4, -0.2) is 59.5 Å². The Hall–Kier alpha value is -2.70. The Morgan fingerprint density at radius 2 is 2.04 bits per heavy atom. The quantitative estimate of drug-likeness (QED) is 0.818. The maximum absolute atomic E-state index is 13.9. The molecule has 3 atom stereocenters. The Balaban J connectivity index is 1.64. The van der Waals surface area contributed by atoms with Crippen LogP contribution in [0.2, 0.25) is 0 Å². The average Bonchev–Trinajstić information content (AvgIpc) is 3.25. The summed E-state index contributed by atoms with van der Waals surface area (Å²) in [4.78, 5) is 27.3. The molecule has 28 heavy (non-hydrogen) atoms. The lowest BCUT2D eigenvalue weighted by molar-refractivity contribution is 0.159. The number of hydrogen-bond acceptors (Lipinski definition) is 4. The van der Waals surface area contributed by atoms with Gasteiger partial charge in [-0.25, -0.2) is 19.2 Å². The number of fused-ring (bicyclic) bond motifs is 1. The van der Waals surface area contributed by atoms with Crippen molar-refractivity contribution in [3.8, 4) is 0 Å². The van der Waals surface area contributed by atoms with Crippen LogP contribution in [0.5, 0.6) is 0 Å². The van der Waals surface area contributed by atoms with Crippen LogP contribution < -0.4 is 4.90 Å². The molecular formula is C21H26FN5O. The molecule has 0 spiro atoms. The van der Waals surface area contributed by atoms with Crippen LogP contribution in [0.1, 0.15) is 24.2 Å². The van der Waals surface area contributed by atoms with Gasteiger partial charge >= 0.3 is 6.03 Å². The summed E-state index contributed by atoms with van der Waals surface area (Å²) < 4.78 is 13.9. The fourth-order valence-electron chi connectivity index (χ4n) is 4.56. The number of carbonyl (C=O) groups is 1. The van der Waals surface area contributed by atoms with E-state index >= 15 is 0 Å². The Bertz CT molecular complexity index is 873. The fraction of sp³-hybridized carbons (Fsp3) is 0.476. The van der Waals surface area contributed by atoms with E-state index in [1.54, 1.807) is 37.5 Å². The molecule has 0 unspecified atom stereocenters. The molecule has 7 heteroatoms. The highest BCUT2D eigenvalue weighted by molar-refractivity contribution is 5.75. The molecule has 3 heterocycles. The van der Waals surface area contributed by atoms with E-state index in [0.717, 1.165) is 36.6 Å². The van der Waals surface area contributed by atoms with Crippen LogP contribution in [0.25, 0.3) is 0 Å². The highest BCUT2D eigenvalue weighted by Crippen LogP contribution is 2.46. The first-order valence-electron chi connectivity index (χ1n) is 9.77. The number of amides is 2. The summed E-state index contributed by atoms with van der Waals surface area (Å²) in [6, 6.07) is 8.54. The smallest absolute Gasteiger partial charge is 0.320 e. The van der Waals surface area contributed by atoms with E-state index in [1.165, 1.54) is 6.07 Å². The lowest BCUT2D eigenvalue weighted by atomic mass is 9.89. The fourth-order valence-corrected chi connectivity index (χ4v) is 4.56. The number of urea groups is 1. The first-order chi connectivity index (χ1) is 13.5. The standard InChI is InChI=1S/C21H26FN5O/c1-4-17-9-19(24-13-23-17)26-10-15-11-27(21(28)25(2)3)20(18(15)12-26)14-6-5-7-16(22)8-14/h5-9,13,15,18,20H,4,10-12H2,1-3H3/t15-,18-,20-/m1/s1. The van der Waals surface area contributed by atoms with Crippen LogP contribution in [0.4, 0.5) is 15.0 Å². The van der Waals surface area contributed by atoms with Crippen LogP contribution >= 0.6 is 0 Å². The van der Waals surface area contributed by atoms with Gasteiger partial charge in [0.2, 0.25) is 0 Å². The largest absolute Gasteiger partial charge is 0.356 e. The predicted octanol–water partition coefficient (Wildman–Crippen LogP) is 2.97. The molecule has 148 valence electrons. The number of aryl methyl sites for hydroxylation is 1. The van der Waals surface area contributed by atoms with Gasteiger partial charge in [0.1, 0.15) is 18.0 Å². The van der Waals surface area contributed by atoms with Crippen molar-refractivity contribution in [3.63, 3.8) is 0 Å². The van der Waals surface area contributed by atoms with Crippen LogP contribution in [0.15, 0.2) is 36.7 Å². The third-order valence-electron chi connectivity index (χ3n) is 5.88. The van der Waals surface area contributed by atoms with E-state index in [-0.39, 0.29) is 23.8 Å². The summed E-state index contributed by atoms with van der Waals surface area (Å²) in [7, 11) is 3.52. The van der Waals surface area contributed by atoms with Crippen LogP contribution in [0.3, 0.4) is 0 Å². The molecule has 2 amide bonds. The number of likely N-dealkylation sites (tertiary alicyclic amines) is 1. The van der Waals surface area contributed by atoms with E-state index < -0.39 is 0 Å². The third kappa shape index (κ3) is 3.30. The maximum atomic E-state index is 13.9. The number of benzene rings is 1. The minimum atomic E-state index is -0.267. The van der Waals surface area contributed by atoms with Crippen molar-refractivity contribution in [3.05, 3.63) is 53.7 Å². The highest BCUT2D eigenvalue weighted by Gasteiger charge is 2.49. The molecule has 2 aromatic rings. The van der Waals surface area contributed by atoms with E-state index in [1.807, 2.05) is 17.0 Å². The molecule has 0 aliphatic carbocycles. The van der Waals surface area contributed by atoms with Gasteiger partial charge in [0.25, 0.3) is 0 Å². The number of rotatable bonds is 3. The molecule has 1 aromatic heterocycles. The summed E-state index contributed by atoms with van der Waals surface area (Å²) in [5.74, 6) is 1.24. The lowest BCUT2D eigenvalue weighted by Gasteiger charge is -2.32. The van der Waals surface area contributed by atoms with Crippen molar-refractivity contribution in [2.75, 3.05) is 38.6 Å².